The molecule has 0 atom stereocenters. The average Bonchev–Trinajstić information content (AvgIpc) is 3.18. The first-order valence-corrected chi connectivity index (χ1v) is 12.4. The van der Waals surface area contributed by atoms with Gasteiger partial charge in [-0.05, 0) is 90.5 Å². The third kappa shape index (κ3) is 3.52. The molecular weight excluding hydrogens is 534 g/mol. The quantitative estimate of drug-likeness (QED) is 0.206. The maximum Gasteiger partial charge on any atom is 0.0746 e. The number of nitrogens with zero attached hydrogens (tertiary/aromatic N) is 1. The third-order valence-corrected chi connectivity index (χ3v) is 7.42. The van der Waals surface area contributed by atoms with Gasteiger partial charge in [0.2, 0.25) is 0 Å². The average molecular weight is 553 g/mol. The number of halogens is 2. The molecule has 0 unspecified atom stereocenters. The van der Waals surface area contributed by atoms with Gasteiger partial charge >= 0.3 is 0 Å². The Kier molecular flexibility index (Phi) is 5.17. The Morgan fingerprint density at radius 2 is 0.879 bits per heavy atom. The lowest BCUT2D eigenvalue weighted by Crippen LogP contribution is -1.96. The molecule has 0 bridgehead atoms. The van der Waals surface area contributed by atoms with Gasteiger partial charge in [-0.1, -0.05) is 78.9 Å². The number of hydrogen-bond donors (Lipinski definition) is 0. The van der Waals surface area contributed by atoms with Crippen LogP contribution >= 0.6 is 31.9 Å². The van der Waals surface area contributed by atoms with Gasteiger partial charge in [-0.25, -0.2) is 0 Å². The molecule has 1 nitrogen and oxygen atoms in total. The van der Waals surface area contributed by atoms with Crippen LogP contribution in [0.5, 0.6) is 0 Å². The van der Waals surface area contributed by atoms with Gasteiger partial charge in [0.25, 0.3) is 0 Å². The molecule has 6 aromatic rings. The molecule has 6 rings (SSSR count). The van der Waals surface area contributed by atoms with Crippen LogP contribution in [0.1, 0.15) is 0 Å². The van der Waals surface area contributed by atoms with E-state index in [0.717, 1.165) is 14.6 Å². The Hall–Kier alpha value is -3.14. The van der Waals surface area contributed by atoms with Crippen molar-refractivity contribution in [1.29, 1.82) is 0 Å². The van der Waals surface area contributed by atoms with Gasteiger partial charge in [0.1, 0.15) is 0 Å². The van der Waals surface area contributed by atoms with Gasteiger partial charge in [-0.2, -0.15) is 0 Å². The van der Waals surface area contributed by atoms with Crippen LogP contribution in [-0.4, -0.2) is 4.57 Å². The highest BCUT2D eigenvalue weighted by Gasteiger charge is 2.17. The molecule has 0 saturated carbocycles. The molecular formula is C30H19Br2N. The number of aromatic nitrogens is 1. The lowest BCUT2D eigenvalue weighted by Gasteiger charge is -2.13. The van der Waals surface area contributed by atoms with Gasteiger partial charge in [0, 0.05) is 19.7 Å². The second kappa shape index (κ2) is 8.33. The lowest BCUT2D eigenvalue weighted by atomic mass is 10.0. The monoisotopic (exact) mass is 551 g/mol. The number of para-hydroxylation sites is 1. The molecule has 0 N–H and O–H groups in total. The highest BCUT2D eigenvalue weighted by Crippen LogP contribution is 2.40. The van der Waals surface area contributed by atoms with Crippen molar-refractivity contribution in [2.75, 3.05) is 0 Å². The maximum absolute atomic E-state index is 3.79. The summed E-state index contributed by atoms with van der Waals surface area (Å²) in [6, 6.07) is 41.0. The van der Waals surface area contributed by atoms with Crippen molar-refractivity contribution < 1.29 is 0 Å². The molecule has 0 spiro atoms. The van der Waals surface area contributed by atoms with Crippen LogP contribution in [0.4, 0.5) is 0 Å². The summed E-state index contributed by atoms with van der Waals surface area (Å²) < 4.78 is 4.45. The van der Waals surface area contributed by atoms with E-state index in [1.54, 1.807) is 0 Å². The molecule has 5 aromatic carbocycles. The van der Waals surface area contributed by atoms with Gasteiger partial charge in [-0.3, -0.25) is 0 Å². The zero-order chi connectivity index (χ0) is 22.4. The minimum Gasteiger partial charge on any atom is -0.307 e. The number of benzene rings is 5. The molecule has 158 valence electrons. The van der Waals surface area contributed by atoms with E-state index in [0.29, 0.717) is 0 Å². The smallest absolute Gasteiger partial charge is 0.0746 e. The Morgan fingerprint density at radius 1 is 0.424 bits per heavy atom. The third-order valence-electron chi connectivity index (χ3n) is 6.14. The Balaban J connectivity index is 1.71. The summed E-state index contributed by atoms with van der Waals surface area (Å²) in [6.45, 7) is 0. The van der Waals surface area contributed by atoms with Gasteiger partial charge in [-0.15, -0.1) is 0 Å². The highest BCUT2D eigenvalue weighted by atomic mass is 79.9. The van der Waals surface area contributed by atoms with Crippen molar-refractivity contribution in [3.05, 3.63) is 124 Å². The van der Waals surface area contributed by atoms with E-state index in [-0.39, 0.29) is 0 Å². The summed E-state index contributed by atoms with van der Waals surface area (Å²) in [5.41, 5.74) is 8.36. The predicted octanol–water partition coefficient (Wildman–Crippen LogP) is 9.64. The maximum atomic E-state index is 3.79. The van der Waals surface area contributed by atoms with Crippen molar-refractivity contribution in [2.24, 2.45) is 0 Å². The summed E-state index contributed by atoms with van der Waals surface area (Å²) in [5, 5.41) is 2.48. The Bertz CT molecular complexity index is 1500. The van der Waals surface area contributed by atoms with Crippen molar-refractivity contribution in [3.8, 4) is 27.9 Å². The molecule has 0 fully saturated rings. The summed E-state index contributed by atoms with van der Waals surface area (Å²) >= 11 is 7.58. The number of fused-ring (bicyclic) bond motifs is 3. The van der Waals surface area contributed by atoms with E-state index in [2.05, 4.69) is 146 Å². The van der Waals surface area contributed by atoms with Gasteiger partial charge in [0.05, 0.1) is 16.7 Å². The fraction of sp³-hybridized carbons (Fsp3) is 0. The van der Waals surface area contributed by atoms with Crippen LogP contribution in [-0.2, 0) is 0 Å². The van der Waals surface area contributed by atoms with E-state index in [1.807, 2.05) is 6.07 Å². The zero-order valence-electron chi connectivity index (χ0n) is 17.7. The lowest BCUT2D eigenvalue weighted by molar-refractivity contribution is 1.16. The van der Waals surface area contributed by atoms with Crippen molar-refractivity contribution in [2.45, 2.75) is 0 Å². The Morgan fingerprint density at radius 3 is 1.33 bits per heavy atom. The second-order valence-corrected chi connectivity index (χ2v) is 9.81. The molecule has 0 amide bonds. The molecule has 0 aliphatic carbocycles. The molecule has 3 heteroatoms. The number of rotatable bonds is 3. The SMILES string of the molecule is Brc1cccc(Br)c1-n1c2ccc(-c3ccccc3)cc2c2cc(-c3ccccc3)ccc21. The summed E-state index contributed by atoms with van der Waals surface area (Å²) in [6.07, 6.45) is 0. The van der Waals surface area contributed by atoms with Crippen molar-refractivity contribution in [1.82, 2.24) is 4.57 Å². The highest BCUT2D eigenvalue weighted by molar-refractivity contribution is 9.11. The summed E-state index contributed by atoms with van der Waals surface area (Å²) in [4.78, 5) is 0. The van der Waals surface area contributed by atoms with E-state index in [4.69, 9.17) is 0 Å². The normalized spacial score (nSPS) is 11.3. The minimum absolute atomic E-state index is 1.05. The van der Waals surface area contributed by atoms with E-state index < -0.39 is 0 Å². The van der Waals surface area contributed by atoms with Crippen LogP contribution in [0, 0.1) is 0 Å². The van der Waals surface area contributed by atoms with Crippen molar-refractivity contribution >= 4 is 53.7 Å². The molecule has 0 saturated heterocycles. The number of hydrogen-bond acceptors (Lipinski definition) is 0. The zero-order valence-corrected chi connectivity index (χ0v) is 20.8. The molecule has 0 aliphatic rings. The van der Waals surface area contributed by atoms with E-state index in [1.165, 1.54) is 44.1 Å². The van der Waals surface area contributed by atoms with Crippen LogP contribution in [0.3, 0.4) is 0 Å². The molecule has 0 radical (unpaired) electrons. The van der Waals surface area contributed by atoms with Gasteiger partial charge in [0.15, 0.2) is 0 Å². The van der Waals surface area contributed by atoms with E-state index >= 15 is 0 Å². The van der Waals surface area contributed by atoms with Gasteiger partial charge < -0.3 is 4.57 Å². The first-order chi connectivity index (χ1) is 16.2. The van der Waals surface area contributed by atoms with Crippen LogP contribution in [0.2, 0.25) is 0 Å². The Labute approximate surface area is 209 Å². The summed E-state index contributed by atoms with van der Waals surface area (Å²) in [7, 11) is 0. The first kappa shape index (κ1) is 20.5. The fourth-order valence-corrected chi connectivity index (χ4v) is 5.94. The minimum atomic E-state index is 1.05. The standard InChI is InChI=1S/C30H19Br2N/c31-26-12-7-13-27(32)30(26)33-28-16-14-22(20-8-3-1-4-9-20)18-24(28)25-19-23(15-17-29(25)33)21-10-5-2-6-11-21/h1-19H. The predicted molar refractivity (Wildman–Crippen MR) is 147 cm³/mol. The summed E-state index contributed by atoms with van der Waals surface area (Å²) in [5.74, 6) is 0. The van der Waals surface area contributed by atoms with Crippen LogP contribution in [0.25, 0.3) is 49.7 Å². The van der Waals surface area contributed by atoms with Crippen molar-refractivity contribution in [3.63, 3.8) is 0 Å². The van der Waals surface area contributed by atoms with Crippen LogP contribution in [0.15, 0.2) is 124 Å². The topological polar surface area (TPSA) is 4.93 Å². The first-order valence-electron chi connectivity index (χ1n) is 10.8. The molecule has 1 aromatic heterocycles. The molecule has 1 heterocycles. The fourth-order valence-electron chi connectivity index (χ4n) is 4.59. The van der Waals surface area contributed by atoms with Crippen LogP contribution < -0.4 is 0 Å². The molecule has 0 aliphatic heterocycles. The molecule has 33 heavy (non-hydrogen) atoms. The van der Waals surface area contributed by atoms with E-state index in [9.17, 15) is 0 Å². The largest absolute Gasteiger partial charge is 0.307 e. The second-order valence-electron chi connectivity index (χ2n) is 8.10.